The van der Waals surface area contributed by atoms with Crippen molar-refractivity contribution in [1.82, 2.24) is 0 Å². The zero-order valence-corrected chi connectivity index (χ0v) is 26.4. The van der Waals surface area contributed by atoms with Gasteiger partial charge in [-0.25, -0.2) is 0 Å². The van der Waals surface area contributed by atoms with Crippen molar-refractivity contribution in [3.05, 3.63) is 132 Å². The summed E-state index contributed by atoms with van der Waals surface area (Å²) in [5, 5.41) is 9.41. The normalized spacial score (nSPS) is 9.90. The SMILES string of the molecule is C=C(CCc1ccc(CCc2ccccc2C)cc1)N(c1cccc(/C(C#N)=C\C)c1)C(C)C.C=CN.CC.NC=O. The summed E-state index contributed by atoms with van der Waals surface area (Å²) in [5.41, 5.74) is 18.1. The van der Waals surface area contributed by atoms with Crippen LogP contribution in [0, 0.1) is 18.3 Å². The minimum absolute atomic E-state index is 0.250. The van der Waals surface area contributed by atoms with Crippen LogP contribution in [0.1, 0.15) is 68.9 Å². The Kier molecular flexibility index (Phi) is 19.8. The van der Waals surface area contributed by atoms with E-state index in [1.807, 2.05) is 39.0 Å². The molecule has 3 rings (SSSR count). The van der Waals surface area contributed by atoms with E-state index >= 15 is 0 Å². The smallest absolute Gasteiger partial charge is 0.204 e. The van der Waals surface area contributed by atoms with Gasteiger partial charge in [-0.05, 0) is 99.5 Å². The van der Waals surface area contributed by atoms with Crippen molar-refractivity contribution in [3.8, 4) is 6.07 Å². The molecule has 0 atom stereocenters. The molecule has 0 heterocycles. The van der Waals surface area contributed by atoms with Gasteiger partial charge in [0.25, 0.3) is 0 Å². The van der Waals surface area contributed by atoms with Crippen LogP contribution in [0.25, 0.3) is 5.57 Å². The van der Waals surface area contributed by atoms with Gasteiger partial charge in [-0.2, -0.15) is 5.26 Å². The molecule has 0 aliphatic rings. The van der Waals surface area contributed by atoms with Crippen LogP contribution in [0.5, 0.6) is 0 Å². The Bertz CT molecular complexity index is 1280. The fourth-order valence-electron chi connectivity index (χ4n) is 4.42. The quantitative estimate of drug-likeness (QED) is 0.191. The fourth-order valence-corrected chi connectivity index (χ4v) is 4.42. The Balaban J connectivity index is 0.00000190. The summed E-state index contributed by atoms with van der Waals surface area (Å²) in [6.07, 6.45) is 7.34. The largest absolute Gasteiger partial charge is 0.405 e. The number of hydrogen-bond acceptors (Lipinski definition) is 4. The third-order valence-electron chi connectivity index (χ3n) is 6.37. The van der Waals surface area contributed by atoms with E-state index in [-0.39, 0.29) is 12.5 Å². The first-order chi connectivity index (χ1) is 20.3. The third-order valence-corrected chi connectivity index (χ3v) is 6.37. The minimum Gasteiger partial charge on any atom is -0.405 e. The second-order valence-corrected chi connectivity index (χ2v) is 9.51. The fraction of sp³-hybridized carbons (Fsp3) is 0.297. The number of nitrogens with zero attached hydrogens (tertiary/aromatic N) is 2. The number of carbonyl (C=O) groups is 1. The molecule has 0 unspecified atom stereocenters. The number of nitriles is 1. The molecule has 0 saturated heterocycles. The van der Waals surface area contributed by atoms with Gasteiger partial charge < -0.3 is 16.4 Å². The molecule has 3 aromatic carbocycles. The van der Waals surface area contributed by atoms with Crippen molar-refractivity contribution in [2.45, 2.75) is 73.3 Å². The number of nitrogens with two attached hydrogens (primary N) is 2. The van der Waals surface area contributed by atoms with Crippen LogP contribution in [0.15, 0.2) is 104 Å². The highest BCUT2D eigenvalue weighted by molar-refractivity contribution is 5.78. The number of allylic oxidation sites excluding steroid dienone is 3. The van der Waals surface area contributed by atoms with Crippen LogP contribution in [0.2, 0.25) is 0 Å². The zero-order valence-electron chi connectivity index (χ0n) is 26.4. The summed E-state index contributed by atoms with van der Waals surface area (Å²) >= 11 is 0. The number of rotatable bonds is 10. The highest BCUT2D eigenvalue weighted by Crippen LogP contribution is 2.27. The molecule has 0 bridgehead atoms. The summed E-state index contributed by atoms with van der Waals surface area (Å²) in [6, 6.07) is 28.4. The average Bonchev–Trinajstić information content (AvgIpc) is 2.99. The molecule has 0 aliphatic heterocycles. The number of hydrogen-bond donors (Lipinski definition) is 2. The van der Waals surface area contributed by atoms with Gasteiger partial charge in [-0.1, -0.05) is 93.7 Å². The highest BCUT2D eigenvalue weighted by atomic mass is 16.1. The Hall–Kier alpha value is -4.56. The number of anilines is 1. The lowest BCUT2D eigenvalue weighted by molar-refractivity contribution is -0.106. The van der Waals surface area contributed by atoms with Crippen LogP contribution < -0.4 is 16.4 Å². The van der Waals surface area contributed by atoms with E-state index in [9.17, 15) is 5.26 Å². The third kappa shape index (κ3) is 13.2. The lowest BCUT2D eigenvalue weighted by Crippen LogP contribution is -2.29. The minimum atomic E-state index is 0.250. The maximum Gasteiger partial charge on any atom is 0.204 e. The predicted molar refractivity (Wildman–Crippen MR) is 182 cm³/mol. The summed E-state index contributed by atoms with van der Waals surface area (Å²) in [6.45, 7) is 20.0. The molecule has 0 spiro atoms. The van der Waals surface area contributed by atoms with Crippen molar-refractivity contribution in [2.24, 2.45) is 11.5 Å². The summed E-state index contributed by atoms with van der Waals surface area (Å²) < 4.78 is 0. The van der Waals surface area contributed by atoms with Crippen molar-refractivity contribution < 1.29 is 4.79 Å². The second kappa shape index (κ2) is 22.2. The van der Waals surface area contributed by atoms with E-state index in [0.29, 0.717) is 5.57 Å². The standard InChI is InChI=1S/C32H36N2.C2H5N.C2H6.CH3NO/c1-6-29(23-33)31-12-9-13-32(22-31)34(24(2)3)26(5)14-15-27-16-18-28(19-17-27)20-21-30-11-8-7-10-25(30)4;1-2-3;1-2;2-1-3/h6-13,16-19,22,24H,5,14-15,20-21H2,1-4H3;2H,1,3H2;1-2H3;1H,(H2,2,3)/b29-6-;;;. The van der Waals surface area contributed by atoms with E-state index in [2.05, 4.69) is 117 Å². The number of amides is 1. The molecule has 42 heavy (non-hydrogen) atoms. The van der Waals surface area contributed by atoms with Crippen LogP contribution in [0.4, 0.5) is 5.69 Å². The first-order valence-electron chi connectivity index (χ1n) is 14.5. The van der Waals surface area contributed by atoms with Crippen molar-refractivity contribution in [3.63, 3.8) is 0 Å². The van der Waals surface area contributed by atoms with Crippen molar-refractivity contribution in [1.29, 1.82) is 5.26 Å². The molecule has 1 amide bonds. The lowest BCUT2D eigenvalue weighted by Gasteiger charge is -2.31. The van der Waals surface area contributed by atoms with Gasteiger partial charge >= 0.3 is 0 Å². The highest BCUT2D eigenvalue weighted by Gasteiger charge is 2.15. The molecule has 0 fully saturated rings. The molecule has 0 aliphatic carbocycles. The van der Waals surface area contributed by atoms with Crippen LogP contribution in [0.3, 0.4) is 0 Å². The number of primary amides is 1. The van der Waals surface area contributed by atoms with Crippen molar-refractivity contribution in [2.75, 3.05) is 4.90 Å². The second-order valence-electron chi connectivity index (χ2n) is 9.51. The molecule has 0 aromatic heterocycles. The molecular weight excluding hydrogens is 516 g/mol. The van der Waals surface area contributed by atoms with Gasteiger partial charge in [0.1, 0.15) is 0 Å². The Labute approximate surface area is 254 Å². The predicted octanol–water partition coefficient (Wildman–Crippen LogP) is 8.28. The number of benzene rings is 3. The lowest BCUT2D eigenvalue weighted by atomic mass is 9.99. The first kappa shape index (κ1) is 37.4. The molecular formula is C37H50N4O. The van der Waals surface area contributed by atoms with E-state index in [0.717, 1.165) is 42.6 Å². The summed E-state index contributed by atoms with van der Waals surface area (Å²) in [7, 11) is 0. The number of aryl methyl sites for hydroxylation is 4. The Morgan fingerprint density at radius 1 is 0.952 bits per heavy atom. The van der Waals surface area contributed by atoms with Gasteiger partial charge in [0.15, 0.2) is 0 Å². The van der Waals surface area contributed by atoms with Gasteiger partial charge in [0, 0.05) is 17.4 Å². The molecule has 3 aromatic rings. The zero-order chi connectivity index (χ0) is 31.9. The molecule has 224 valence electrons. The van der Waals surface area contributed by atoms with Gasteiger partial charge in [-0.15, -0.1) is 0 Å². The van der Waals surface area contributed by atoms with Gasteiger partial charge in [0.2, 0.25) is 6.41 Å². The summed E-state index contributed by atoms with van der Waals surface area (Å²) in [5.74, 6) is 0. The van der Waals surface area contributed by atoms with E-state index in [1.165, 1.54) is 28.5 Å². The Morgan fingerprint density at radius 3 is 2.00 bits per heavy atom. The molecule has 0 saturated carbocycles. The topological polar surface area (TPSA) is 96.1 Å². The molecule has 5 heteroatoms. The van der Waals surface area contributed by atoms with Crippen LogP contribution in [-0.2, 0) is 24.1 Å². The van der Waals surface area contributed by atoms with Crippen LogP contribution >= 0.6 is 0 Å². The van der Waals surface area contributed by atoms with Crippen LogP contribution in [-0.4, -0.2) is 12.5 Å². The van der Waals surface area contributed by atoms with E-state index < -0.39 is 0 Å². The summed E-state index contributed by atoms with van der Waals surface area (Å²) in [4.78, 5) is 10.9. The maximum absolute atomic E-state index is 9.41. The van der Waals surface area contributed by atoms with E-state index in [1.54, 1.807) is 0 Å². The number of carbonyl (C=O) groups excluding carboxylic acids is 1. The molecule has 4 N–H and O–H groups in total. The first-order valence-corrected chi connectivity index (χ1v) is 14.5. The van der Waals surface area contributed by atoms with E-state index in [4.69, 9.17) is 4.79 Å². The molecule has 0 radical (unpaired) electrons. The average molecular weight is 567 g/mol. The maximum atomic E-state index is 9.41. The van der Waals surface area contributed by atoms with Gasteiger partial charge in [-0.3, -0.25) is 4.79 Å². The molecule has 5 nitrogen and oxygen atoms in total. The van der Waals surface area contributed by atoms with Crippen molar-refractivity contribution >= 4 is 17.7 Å². The van der Waals surface area contributed by atoms with Gasteiger partial charge in [0.05, 0.1) is 11.6 Å². The monoisotopic (exact) mass is 566 g/mol. The Morgan fingerprint density at radius 2 is 1.50 bits per heavy atom.